The number of carboxylic acids is 1. The molecule has 3 unspecified atom stereocenters. The smallest absolute Gasteiger partial charge is 0.478 e. The number of rotatable bonds is 8. The van der Waals surface area contributed by atoms with Crippen LogP contribution in [0.5, 0.6) is 11.5 Å². The van der Waals surface area contributed by atoms with E-state index in [4.69, 9.17) is 9.47 Å². The van der Waals surface area contributed by atoms with Gasteiger partial charge in [-0.1, -0.05) is 30.3 Å². The molecule has 3 atom stereocenters. The third kappa shape index (κ3) is 5.18. The fourth-order valence-corrected chi connectivity index (χ4v) is 4.06. The van der Waals surface area contributed by atoms with Gasteiger partial charge < -0.3 is 19.3 Å². The van der Waals surface area contributed by atoms with Crippen LogP contribution in [0.4, 0.5) is 13.2 Å². The second-order valence-electron chi connectivity index (χ2n) is 8.65. The second kappa shape index (κ2) is 8.65. The fourth-order valence-electron chi connectivity index (χ4n) is 4.06. The average molecular weight is 452 g/mol. The molecule has 8 heteroatoms. The third-order valence-corrected chi connectivity index (χ3v) is 5.72. The van der Waals surface area contributed by atoms with Gasteiger partial charge in [-0.2, -0.15) is 0 Å². The molecule has 0 amide bonds. The normalized spacial score (nSPS) is 19.4. The van der Waals surface area contributed by atoms with E-state index in [0.29, 0.717) is 11.3 Å². The van der Waals surface area contributed by atoms with Gasteiger partial charge in [0.1, 0.15) is 11.5 Å². The van der Waals surface area contributed by atoms with E-state index < -0.39 is 24.0 Å². The average Bonchev–Trinajstić information content (AvgIpc) is 3.46. The standard InChI is InChI=1S/C24H27F3O5/c1-13-10-15(11-14(2)20(13)32-23(3,4)22(28)29)17-12-18(17)21(30-5)16-8-6-7-9-19(16)31-24(25,26)27/h6-11,17-18,21H,12H2,1-5H3,(H,28,29). The second-order valence-corrected chi connectivity index (χ2v) is 8.65. The predicted octanol–water partition coefficient (Wildman–Crippen LogP) is 5.94. The maximum Gasteiger partial charge on any atom is 0.573 e. The van der Waals surface area contributed by atoms with Crippen LogP contribution in [0.3, 0.4) is 0 Å². The number of para-hydroxylation sites is 1. The number of ether oxygens (including phenoxy) is 3. The Balaban J connectivity index is 1.84. The zero-order valence-electron chi connectivity index (χ0n) is 18.6. The molecule has 174 valence electrons. The summed E-state index contributed by atoms with van der Waals surface area (Å²) in [5, 5.41) is 9.34. The lowest BCUT2D eigenvalue weighted by Gasteiger charge is -2.25. The summed E-state index contributed by atoms with van der Waals surface area (Å²) in [5.74, 6) is -0.725. The van der Waals surface area contributed by atoms with Crippen molar-refractivity contribution in [3.8, 4) is 11.5 Å². The SMILES string of the molecule is COC(c1ccccc1OC(F)(F)F)C1CC1c1cc(C)c(OC(C)(C)C(=O)O)c(C)c1. The van der Waals surface area contributed by atoms with Crippen molar-refractivity contribution >= 4 is 5.97 Å². The Morgan fingerprint density at radius 3 is 2.22 bits per heavy atom. The Labute approximate surface area is 185 Å². The van der Waals surface area contributed by atoms with E-state index in [-0.39, 0.29) is 17.6 Å². The van der Waals surface area contributed by atoms with Crippen LogP contribution in [-0.2, 0) is 9.53 Å². The minimum atomic E-state index is -4.79. The molecule has 0 saturated heterocycles. The Morgan fingerprint density at radius 1 is 1.09 bits per heavy atom. The summed E-state index contributed by atoms with van der Waals surface area (Å²) >= 11 is 0. The van der Waals surface area contributed by atoms with E-state index in [2.05, 4.69) is 4.74 Å². The van der Waals surface area contributed by atoms with Crippen LogP contribution >= 0.6 is 0 Å². The molecule has 1 aliphatic rings. The Hall–Kier alpha value is -2.74. The molecule has 1 fully saturated rings. The molecule has 2 aromatic carbocycles. The molecule has 1 saturated carbocycles. The zero-order chi connectivity index (χ0) is 23.8. The van der Waals surface area contributed by atoms with Crippen molar-refractivity contribution in [2.45, 2.75) is 58.1 Å². The Morgan fingerprint density at radius 2 is 1.69 bits per heavy atom. The Bertz CT molecular complexity index is 976. The first-order valence-corrected chi connectivity index (χ1v) is 10.2. The molecule has 0 spiro atoms. The highest BCUT2D eigenvalue weighted by molar-refractivity contribution is 5.77. The molecular weight excluding hydrogens is 425 g/mol. The number of hydrogen-bond donors (Lipinski definition) is 1. The monoisotopic (exact) mass is 452 g/mol. The summed E-state index contributed by atoms with van der Waals surface area (Å²) in [5.41, 5.74) is 1.60. The number of methoxy groups -OCH3 is 1. The highest BCUT2D eigenvalue weighted by atomic mass is 19.4. The van der Waals surface area contributed by atoms with Gasteiger partial charge in [0.2, 0.25) is 0 Å². The molecule has 0 radical (unpaired) electrons. The largest absolute Gasteiger partial charge is 0.573 e. The minimum Gasteiger partial charge on any atom is -0.478 e. The van der Waals surface area contributed by atoms with E-state index in [1.807, 2.05) is 26.0 Å². The first-order chi connectivity index (χ1) is 14.8. The summed E-state index contributed by atoms with van der Waals surface area (Å²) < 4.78 is 54.1. The van der Waals surface area contributed by atoms with Gasteiger partial charge in [-0.25, -0.2) is 4.79 Å². The summed E-state index contributed by atoms with van der Waals surface area (Å²) in [7, 11) is 1.48. The number of hydrogen-bond acceptors (Lipinski definition) is 4. The molecule has 2 aromatic rings. The van der Waals surface area contributed by atoms with Crippen molar-refractivity contribution in [1.29, 1.82) is 0 Å². The first kappa shape index (κ1) is 23.9. The van der Waals surface area contributed by atoms with Crippen molar-refractivity contribution < 1.29 is 37.3 Å². The van der Waals surface area contributed by atoms with Gasteiger partial charge in [-0.15, -0.1) is 13.2 Å². The number of aryl methyl sites for hydroxylation is 2. The van der Waals surface area contributed by atoms with Crippen LogP contribution < -0.4 is 9.47 Å². The lowest BCUT2D eigenvalue weighted by molar-refractivity contribution is -0.275. The molecule has 32 heavy (non-hydrogen) atoms. The number of alkyl halides is 3. The van der Waals surface area contributed by atoms with Crippen LogP contribution in [0.25, 0.3) is 0 Å². The Kier molecular flexibility index (Phi) is 6.47. The molecule has 0 aliphatic heterocycles. The van der Waals surface area contributed by atoms with Gasteiger partial charge in [0.15, 0.2) is 5.60 Å². The van der Waals surface area contributed by atoms with Crippen LogP contribution in [0.1, 0.15) is 54.5 Å². The summed E-state index contributed by atoms with van der Waals surface area (Å²) in [6.45, 7) is 6.67. The van der Waals surface area contributed by atoms with Crippen LogP contribution in [0, 0.1) is 19.8 Å². The molecule has 0 heterocycles. The maximum absolute atomic E-state index is 12.8. The van der Waals surface area contributed by atoms with Gasteiger partial charge >= 0.3 is 12.3 Å². The molecule has 5 nitrogen and oxygen atoms in total. The zero-order valence-corrected chi connectivity index (χ0v) is 18.6. The van der Waals surface area contributed by atoms with Crippen molar-refractivity contribution in [3.05, 3.63) is 58.7 Å². The summed E-state index contributed by atoms with van der Waals surface area (Å²) in [6.07, 6.45) is -4.59. The summed E-state index contributed by atoms with van der Waals surface area (Å²) in [4.78, 5) is 11.4. The quantitative estimate of drug-likeness (QED) is 0.537. The van der Waals surface area contributed by atoms with Crippen molar-refractivity contribution in [2.24, 2.45) is 5.92 Å². The number of halogens is 3. The molecular formula is C24H27F3O5. The van der Waals surface area contributed by atoms with Crippen molar-refractivity contribution in [2.75, 3.05) is 7.11 Å². The van der Waals surface area contributed by atoms with E-state index in [0.717, 1.165) is 23.1 Å². The molecule has 0 aromatic heterocycles. The predicted molar refractivity (Wildman–Crippen MR) is 112 cm³/mol. The van der Waals surface area contributed by atoms with Gasteiger partial charge in [0.05, 0.1) is 6.10 Å². The van der Waals surface area contributed by atoms with Gasteiger partial charge in [-0.05, 0) is 68.7 Å². The highest BCUT2D eigenvalue weighted by Gasteiger charge is 2.46. The summed E-state index contributed by atoms with van der Waals surface area (Å²) in [6, 6.07) is 9.91. The molecule has 1 N–H and O–H groups in total. The number of aliphatic carboxylic acids is 1. The molecule has 0 bridgehead atoms. The minimum absolute atomic E-state index is 0.0148. The van der Waals surface area contributed by atoms with Crippen LogP contribution in [0.15, 0.2) is 36.4 Å². The van der Waals surface area contributed by atoms with E-state index in [9.17, 15) is 23.1 Å². The topological polar surface area (TPSA) is 65.0 Å². The van der Waals surface area contributed by atoms with Crippen molar-refractivity contribution in [3.63, 3.8) is 0 Å². The van der Waals surface area contributed by atoms with Gasteiger partial charge in [0.25, 0.3) is 0 Å². The maximum atomic E-state index is 12.8. The van der Waals surface area contributed by atoms with E-state index in [1.54, 1.807) is 12.1 Å². The van der Waals surface area contributed by atoms with E-state index >= 15 is 0 Å². The van der Waals surface area contributed by atoms with Crippen molar-refractivity contribution in [1.82, 2.24) is 0 Å². The number of carbonyl (C=O) groups is 1. The lowest BCUT2D eigenvalue weighted by Crippen LogP contribution is -2.38. The molecule has 1 aliphatic carbocycles. The first-order valence-electron chi connectivity index (χ1n) is 10.2. The number of carboxylic acid groups (broad SMARTS) is 1. The lowest BCUT2D eigenvalue weighted by atomic mass is 9.97. The van der Waals surface area contributed by atoms with Gasteiger partial charge in [0, 0.05) is 12.7 Å². The third-order valence-electron chi connectivity index (χ3n) is 5.72. The van der Waals surface area contributed by atoms with Gasteiger partial charge in [-0.3, -0.25) is 0 Å². The van der Waals surface area contributed by atoms with E-state index in [1.165, 1.54) is 33.1 Å². The van der Waals surface area contributed by atoms with Crippen LogP contribution in [-0.4, -0.2) is 30.1 Å². The highest BCUT2D eigenvalue weighted by Crippen LogP contribution is 2.57. The number of benzene rings is 2. The fraction of sp³-hybridized carbons (Fsp3) is 0.458. The molecule has 3 rings (SSSR count). The van der Waals surface area contributed by atoms with Crippen LogP contribution in [0.2, 0.25) is 0 Å².